The Morgan fingerprint density at radius 2 is 2.24 bits per heavy atom. The first-order valence-corrected chi connectivity index (χ1v) is 6.10. The van der Waals surface area contributed by atoms with Gasteiger partial charge in [0.25, 0.3) is 0 Å². The summed E-state index contributed by atoms with van der Waals surface area (Å²) in [5, 5.41) is 0. The number of esters is 1. The summed E-state index contributed by atoms with van der Waals surface area (Å²) in [6.07, 6.45) is 0. The van der Waals surface area contributed by atoms with Gasteiger partial charge in [0.15, 0.2) is 0 Å². The Kier molecular flexibility index (Phi) is 5.58. The third-order valence-corrected chi connectivity index (χ3v) is 2.90. The van der Waals surface area contributed by atoms with Crippen LogP contribution in [-0.4, -0.2) is 31.1 Å². The van der Waals surface area contributed by atoms with Gasteiger partial charge in [-0.05, 0) is 31.7 Å². The lowest BCUT2D eigenvalue weighted by Crippen LogP contribution is -2.27. The van der Waals surface area contributed by atoms with Gasteiger partial charge in [0, 0.05) is 11.0 Å². The number of nitrogens with zero attached hydrogens (tertiary/aromatic N) is 1. The Balaban J connectivity index is 2.55. The highest BCUT2D eigenvalue weighted by atomic mass is 79.9. The maximum absolute atomic E-state index is 12.9. The van der Waals surface area contributed by atoms with Gasteiger partial charge < -0.3 is 4.74 Å². The van der Waals surface area contributed by atoms with Crippen molar-refractivity contribution in [2.24, 2.45) is 0 Å². The average molecular weight is 304 g/mol. The SMILES string of the molecule is CCOC(=O)CN(C)Cc1ccc(F)cc1Br. The monoisotopic (exact) mass is 303 g/mol. The van der Waals surface area contributed by atoms with E-state index >= 15 is 0 Å². The van der Waals surface area contributed by atoms with E-state index in [0.717, 1.165) is 5.56 Å². The number of benzene rings is 1. The Morgan fingerprint density at radius 1 is 1.53 bits per heavy atom. The molecule has 0 fully saturated rings. The summed E-state index contributed by atoms with van der Waals surface area (Å²) in [7, 11) is 1.81. The van der Waals surface area contributed by atoms with Crippen LogP contribution in [0.25, 0.3) is 0 Å². The number of halogens is 2. The molecule has 5 heteroatoms. The zero-order valence-corrected chi connectivity index (χ0v) is 11.5. The molecule has 0 aliphatic heterocycles. The molecule has 0 radical (unpaired) electrons. The third-order valence-electron chi connectivity index (χ3n) is 2.16. The molecule has 0 aromatic heterocycles. The molecule has 0 aliphatic carbocycles. The number of carbonyl (C=O) groups is 1. The Bertz CT molecular complexity index is 398. The van der Waals surface area contributed by atoms with Crippen molar-refractivity contribution in [2.45, 2.75) is 13.5 Å². The lowest BCUT2D eigenvalue weighted by molar-refractivity contribution is -0.144. The van der Waals surface area contributed by atoms with Crippen LogP contribution in [0.5, 0.6) is 0 Å². The quantitative estimate of drug-likeness (QED) is 0.783. The fourth-order valence-electron chi connectivity index (χ4n) is 1.42. The fraction of sp³-hybridized carbons (Fsp3) is 0.417. The second kappa shape index (κ2) is 6.71. The summed E-state index contributed by atoms with van der Waals surface area (Å²) in [6.45, 7) is 2.93. The maximum Gasteiger partial charge on any atom is 0.320 e. The third kappa shape index (κ3) is 4.83. The molecule has 94 valence electrons. The van der Waals surface area contributed by atoms with Crippen molar-refractivity contribution in [3.8, 4) is 0 Å². The molecule has 1 aromatic rings. The Labute approximate surface area is 109 Å². The van der Waals surface area contributed by atoms with E-state index in [2.05, 4.69) is 15.9 Å². The first-order chi connectivity index (χ1) is 8.02. The van der Waals surface area contributed by atoms with Gasteiger partial charge in [-0.15, -0.1) is 0 Å². The van der Waals surface area contributed by atoms with Gasteiger partial charge in [0.1, 0.15) is 5.82 Å². The minimum atomic E-state index is -0.284. The predicted molar refractivity (Wildman–Crippen MR) is 67.1 cm³/mol. The molecule has 3 nitrogen and oxygen atoms in total. The van der Waals surface area contributed by atoms with E-state index in [1.165, 1.54) is 12.1 Å². The number of carbonyl (C=O) groups excluding carboxylic acids is 1. The molecule has 0 saturated carbocycles. The highest BCUT2D eigenvalue weighted by molar-refractivity contribution is 9.10. The van der Waals surface area contributed by atoms with Crippen LogP contribution in [0.3, 0.4) is 0 Å². The van der Waals surface area contributed by atoms with Gasteiger partial charge in [0.2, 0.25) is 0 Å². The number of hydrogen-bond donors (Lipinski definition) is 0. The van der Waals surface area contributed by atoms with Crippen LogP contribution in [0.2, 0.25) is 0 Å². The molecule has 0 spiro atoms. The number of rotatable bonds is 5. The summed E-state index contributed by atoms with van der Waals surface area (Å²) in [5.74, 6) is -0.540. The van der Waals surface area contributed by atoms with E-state index < -0.39 is 0 Å². The molecule has 0 atom stereocenters. The van der Waals surface area contributed by atoms with Crippen LogP contribution in [0.15, 0.2) is 22.7 Å². The van der Waals surface area contributed by atoms with E-state index in [1.54, 1.807) is 13.0 Å². The molecule has 0 aliphatic rings. The molecule has 1 rings (SSSR count). The van der Waals surface area contributed by atoms with Crippen molar-refractivity contribution in [3.63, 3.8) is 0 Å². The molecule has 0 heterocycles. The highest BCUT2D eigenvalue weighted by Gasteiger charge is 2.09. The fourth-order valence-corrected chi connectivity index (χ4v) is 1.90. The first-order valence-electron chi connectivity index (χ1n) is 5.31. The van der Waals surface area contributed by atoms with Gasteiger partial charge >= 0.3 is 5.97 Å². The van der Waals surface area contributed by atoms with Crippen molar-refractivity contribution in [1.29, 1.82) is 0 Å². The van der Waals surface area contributed by atoms with Crippen molar-refractivity contribution in [3.05, 3.63) is 34.1 Å². The summed E-state index contributed by atoms with van der Waals surface area (Å²) < 4.78 is 18.4. The molecule has 0 N–H and O–H groups in total. The lowest BCUT2D eigenvalue weighted by Gasteiger charge is -2.16. The van der Waals surface area contributed by atoms with Crippen molar-refractivity contribution >= 4 is 21.9 Å². The molecule has 0 unspecified atom stereocenters. The minimum Gasteiger partial charge on any atom is -0.465 e. The zero-order valence-electron chi connectivity index (χ0n) is 9.87. The summed E-state index contributed by atoms with van der Waals surface area (Å²) in [5.41, 5.74) is 0.929. The standard InChI is InChI=1S/C12H15BrFNO2/c1-3-17-12(16)8-15(2)7-9-4-5-10(14)6-11(9)13/h4-6H,3,7-8H2,1-2H3. The molecular formula is C12H15BrFNO2. The van der Waals surface area contributed by atoms with Crippen molar-refractivity contribution in [1.82, 2.24) is 4.90 Å². The van der Waals surface area contributed by atoms with E-state index in [0.29, 0.717) is 17.6 Å². The molecule has 0 bridgehead atoms. The minimum absolute atomic E-state index is 0.220. The molecule has 1 aromatic carbocycles. The van der Waals surface area contributed by atoms with E-state index in [4.69, 9.17) is 4.74 Å². The molecule has 0 saturated heterocycles. The normalized spacial score (nSPS) is 10.6. The average Bonchev–Trinajstić information content (AvgIpc) is 2.22. The van der Waals surface area contributed by atoms with Crippen LogP contribution in [-0.2, 0) is 16.1 Å². The maximum atomic E-state index is 12.9. The molecule has 17 heavy (non-hydrogen) atoms. The van der Waals surface area contributed by atoms with Gasteiger partial charge in [-0.25, -0.2) is 4.39 Å². The summed E-state index contributed by atoms with van der Waals surface area (Å²) in [6, 6.07) is 4.51. The van der Waals surface area contributed by atoms with Gasteiger partial charge in [0.05, 0.1) is 13.2 Å². The highest BCUT2D eigenvalue weighted by Crippen LogP contribution is 2.19. The number of hydrogen-bond acceptors (Lipinski definition) is 3. The van der Waals surface area contributed by atoms with Crippen LogP contribution in [0.1, 0.15) is 12.5 Å². The molecular weight excluding hydrogens is 289 g/mol. The Hall–Kier alpha value is -0.940. The first kappa shape index (κ1) is 14.1. The van der Waals surface area contributed by atoms with Crippen LogP contribution >= 0.6 is 15.9 Å². The summed E-state index contributed by atoms with van der Waals surface area (Å²) >= 11 is 3.29. The van der Waals surface area contributed by atoms with Gasteiger partial charge in [-0.1, -0.05) is 22.0 Å². The van der Waals surface area contributed by atoms with E-state index in [-0.39, 0.29) is 18.3 Å². The number of ether oxygens (including phenoxy) is 1. The summed E-state index contributed by atoms with van der Waals surface area (Å²) in [4.78, 5) is 13.1. The smallest absolute Gasteiger partial charge is 0.320 e. The second-order valence-electron chi connectivity index (χ2n) is 3.71. The Morgan fingerprint density at radius 3 is 2.82 bits per heavy atom. The molecule has 0 amide bonds. The van der Waals surface area contributed by atoms with Crippen molar-refractivity contribution < 1.29 is 13.9 Å². The van der Waals surface area contributed by atoms with Crippen LogP contribution in [0.4, 0.5) is 4.39 Å². The van der Waals surface area contributed by atoms with Crippen LogP contribution in [0, 0.1) is 5.82 Å². The predicted octanol–water partition coefficient (Wildman–Crippen LogP) is 2.58. The van der Waals surface area contributed by atoms with Crippen LogP contribution < -0.4 is 0 Å². The topological polar surface area (TPSA) is 29.5 Å². The van der Waals surface area contributed by atoms with Gasteiger partial charge in [-0.2, -0.15) is 0 Å². The second-order valence-corrected chi connectivity index (χ2v) is 4.57. The van der Waals surface area contributed by atoms with Crippen molar-refractivity contribution in [2.75, 3.05) is 20.2 Å². The van der Waals surface area contributed by atoms with E-state index in [1.807, 2.05) is 11.9 Å². The zero-order chi connectivity index (χ0) is 12.8. The van der Waals surface area contributed by atoms with E-state index in [9.17, 15) is 9.18 Å². The number of likely N-dealkylation sites (N-methyl/N-ethyl adjacent to an activating group) is 1. The lowest BCUT2D eigenvalue weighted by atomic mass is 10.2. The van der Waals surface area contributed by atoms with Gasteiger partial charge in [-0.3, -0.25) is 9.69 Å². The largest absolute Gasteiger partial charge is 0.465 e.